The quantitative estimate of drug-likeness (QED) is 0.168. The molecule has 1 N–H and O–H groups in total. The Balaban J connectivity index is 0.000000547. The molecule has 9 heteroatoms. The monoisotopic (exact) mass is 859 g/mol. The van der Waals surface area contributed by atoms with Crippen molar-refractivity contribution in [2.45, 2.75) is 5.60 Å². The Morgan fingerprint density at radius 3 is 1.62 bits per heavy atom. The van der Waals surface area contributed by atoms with Gasteiger partial charge in [0.25, 0.3) is 0 Å². The first-order chi connectivity index (χ1) is 15.6. The molecular formula is C23H18Br2I2N2NiOV. The van der Waals surface area contributed by atoms with Gasteiger partial charge >= 0.3 is 88.8 Å². The fraction of sp³-hybridized carbons (Fsp3) is 0.0435. The Bertz CT molecular complexity index is 1010. The summed E-state index contributed by atoms with van der Waals surface area (Å²) in [5, 5.41) is 11.9. The van der Waals surface area contributed by atoms with E-state index in [1.54, 1.807) is 12.4 Å². The first-order valence-electron chi connectivity index (χ1n) is 9.08. The zero-order valence-electron chi connectivity index (χ0n) is 16.4. The summed E-state index contributed by atoms with van der Waals surface area (Å²) >= 11 is 10.7. The molecule has 0 amide bonds. The molecule has 3 nitrogen and oxygen atoms in total. The van der Waals surface area contributed by atoms with Gasteiger partial charge in [0.1, 0.15) is 0 Å². The zero-order chi connectivity index (χ0) is 23.2. The van der Waals surface area contributed by atoms with E-state index in [1.807, 2.05) is 91.0 Å². The SMILES string of the molecule is OC(c1ccccn1)(c1ccccn1)c1ccccc1-c1ccccc1.[Br][Ni][Br].[I][V][I]. The molecule has 0 unspecified atom stereocenters. The van der Waals surface area contributed by atoms with Crippen molar-refractivity contribution in [1.82, 2.24) is 9.97 Å². The molecule has 0 aliphatic rings. The fourth-order valence-corrected chi connectivity index (χ4v) is 3.23. The summed E-state index contributed by atoms with van der Waals surface area (Å²) < 4.78 is 0. The number of aliphatic hydroxyl groups is 1. The third kappa shape index (κ3) is 7.87. The average molecular weight is 862 g/mol. The first kappa shape index (κ1) is 28.4. The van der Waals surface area contributed by atoms with Crippen LogP contribution < -0.4 is 0 Å². The van der Waals surface area contributed by atoms with Crippen LogP contribution in [0, 0.1) is 0 Å². The Hall–Kier alpha value is 0.198. The molecule has 0 radical (unpaired) electrons. The predicted molar refractivity (Wildman–Crippen MR) is 148 cm³/mol. The van der Waals surface area contributed by atoms with Gasteiger partial charge in [0.2, 0.25) is 0 Å². The van der Waals surface area contributed by atoms with Gasteiger partial charge in [-0.2, -0.15) is 0 Å². The van der Waals surface area contributed by atoms with Crippen LogP contribution in [0.4, 0.5) is 0 Å². The van der Waals surface area contributed by atoms with Crippen LogP contribution in [0.25, 0.3) is 11.1 Å². The molecule has 2 heterocycles. The van der Waals surface area contributed by atoms with Crippen LogP contribution in [0.3, 0.4) is 0 Å². The maximum absolute atomic E-state index is 11.9. The van der Waals surface area contributed by atoms with Crippen molar-refractivity contribution in [3.8, 4) is 11.1 Å². The standard InChI is InChI=1S/C23H18N2O.2BrH.2HI.Ni.V/c26-23(21-14-6-8-16-24-21,22-15-7-9-17-25-22)20-13-5-4-12-19(20)18-10-2-1-3-11-18;;;;;;/h1-17,26H;4*1H;;/q;;;;;2*+2/p-4. The molecule has 0 saturated heterocycles. The molecule has 169 valence electrons. The Morgan fingerprint density at radius 2 is 1.16 bits per heavy atom. The summed E-state index contributed by atoms with van der Waals surface area (Å²) in [6.45, 7) is 0. The van der Waals surface area contributed by atoms with Crippen LogP contribution in [-0.2, 0) is 26.0 Å². The van der Waals surface area contributed by atoms with E-state index in [9.17, 15) is 5.11 Å². The molecule has 4 rings (SSSR count). The van der Waals surface area contributed by atoms with Crippen LogP contribution in [0.2, 0.25) is 0 Å². The van der Waals surface area contributed by atoms with Crippen molar-refractivity contribution in [3.63, 3.8) is 0 Å². The summed E-state index contributed by atoms with van der Waals surface area (Å²) in [5.41, 5.74) is 2.38. The van der Waals surface area contributed by atoms with E-state index in [4.69, 9.17) is 0 Å². The van der Waals surface area contributed by atoms with Crippen molar-refractivity contribution in [2.75, 3.05) is 0 Å². The Labute approximate surface area is 237 Å². The summed E-state index contributed by atoms with van der Waals surface area (Å²) in [4.78, 5) is 8.90. The van der Waals surface area contributed by atoms with Crippen molar-refractivity contribution < 1.29 is 25.5 Å². The molecule has 0 saturated carbocycles. The third-order valence-corrected chi connectivity index (χ3v) is 4.47. The van der Waals surface area contributed by atoms with E-state index in [2.05, 4.69) is 78.4 Å². The van der Waals surface area contributed by atoms with Crippen molar-refractivity contribution >= 4 is 68.4 Å². The summed E-state index contributed by atoms with van der Waals surface area (Å²) in [5.74, 6) is 0. The van der Waals surface area contributed by atoms with Gasteiger partial charge in [-0.25, -0.2) is 0 Å². The molecule has 0 aliphatic carbocycles. The van der Waals surface area contributed by atoms with E-state index in [1.165, 1.54) is 10.9 Å². The predicted octanol–water partition coefficient (Wildman–Crippen LogP) is 7.89. The number of rotatable bonds is 4. The molecule has 4 aromatic rings. The van der Waals surface area contributed by atoms with Crippen LogP contribution in [-0.4, -0.2) is 15.1 Å². The van der Waals surface area contributed by atoms with Crippen molar-refractivity contribution in [3.05, 3.63) is 120 Å². The molecular weight excluding hydrogens is 844 g/mol. The van der Waals surface area contributed by atoms with Crippen LogP contribution in [0.5, 0.6) is 0 Å². The van der Waals surface area contributed by atoms with Crippen LogP contribution in [0.1, 0.15) is 17.0 Å². The van der Waals surface area contributed by atoms with Gasteiger partial charge in [-0.05, 0) is 35.4 Å². The number of hydrogen-bond donors (Lipinski definition) is 1. The second-order valence-electron chi connectivity index (χ2n) is 6.16. The summed E-state index contributed by atoms with van der Waals surface area (Å²) in [6.07, 6.45) is 3.38. The van der Waals surface area contributed by atoms with Gasteiger partial charge in [0.15, 0.2) is 5.60 Å². The summed E-state index contributed by atoms with van der Waals surface area (Å²) in [6, 6.07) is 29.0. The molecule has 0 bridgehead atoms. The molecule has 2 aromatic heterocycles. The van der Waals surface area contributed by atoms with Gasteiger partial charge < -0.3 is 5.11 Å². The number of pyridine rings is 2. The van der Waals surface area contributed by atoms with Gasteiger partial charge in [-0.3, -0.25) is 9.97 Å². The second kappa shape index (κ2) is 16.0. The molecule has 32 heavy (non-hydrogen) atoms. The average Bonchev–Trinajstić information content (AvgIpc) is 2.86. The van der Waals surface area contributed by atoms with Crippen molar-refractivity contribution in [2.24, 2.45) is 0 Å². The number of aromatic nitrogens is 2. The Morgan fingerprint density at radius 1 is 0.719 bits per heavy atom. The molecule has 2 aromatic carbocycles. The molecule has 0 fully saturated rings. The zero-order valence-corrected chi connectivity index (χ0v) is 26.3. The minimum absolute atomic E-state index is 0.544. The second-order valence-corrected chi connectivity index (χ2v) is 22.9. The third-order valence-electron chi connectivity index (χ3n) is 4.47. The Kier molecular flexibility index (Phi) is 14.2. The van der Waals surface area contributed by atoms with E-state index in [0.29, 0.717) is 20.9 Å². The van der Waals surface area contributed by atoms with E-state index in [0.717, 1.165) is 16.7 Å². The van der Waals surface area contributed by atoms with Gasteiger partial charge in [-0.1, -0.05) is 66.7 Å². The normalized spacial score (nSPS) is 10.3. The van der Waals surface area contributed by atoms with Gasteiger partial charge in [0.05, 0.1) is 11.4 Å². The number of benzene rings is 2. The van der Waals surface area contributed by atoms with E-state index in [-0.39, 0.29) is 0 Å². The van der Waals surface area contributed by atoms with Crippen LogP contribution in [0.15, 0.2) is 103 Å². The fourth-order valence-electron chi connectivity index (χ4n) is 3.23. The topological polar surface area (TPSA) is 46.0 Å². The molecule has 0 aliphatic heterocycles. The summed E-state index contributed by atoms with van der Waals surface area (Å²) in [7, 11) is 1.88. The van der Waals surface area contributed by atoms with E-state index >= 15 is 0 Å². The van der Waals surface area contributed by atoms with E-state index < -0.39 is 5.60 Å². The van der Waals surface area contributed by atoms with Gasteiger partial charge in [-0.15, -0.1) is 0 Å². The minimum atomic E-state index is -1.45. The number of halogens is 4. The first-order valence-corrected chi connectivity index (χ1v) is 23.0. The number of hydrogen-bond acceptors (Lipinski definition) is 3. The van der Waals surface area contributed by atoms with Crippen LogP contribution >= 0.6 is 68.4 Å². The maximum atomic E-state index is 11.9. The molecule has 0 atom stereocenters. The molecule has 0 spiro atoms. The van der Waals surface area contributed by atoms with Gasteiger partial charge in [0, 0.05) is 18.0 Å². The number of nitrogens with zero attached hydrogens (tertiary/aromatic N) is 2. The van der Waals surface area contributed by atoms with Crippen molar-refractivity contribution in [1.29, 1.82) is 0 Å².